The second kappa shape index (κ2) is 38.9. The zero-order valence-corrected chi connectivity index (χ0v) is 72.9. The van der Waals surface area contributed by atoms with E-state index in [1.807, 2.05) is 111 Å². The molecule has 0 aliphatic carbocycles. The van der Waals surface area contributed by atoms with Crippen LogP contribution in [0.2, 0.25) is 0 Å². The number of pyridine rings is 5. The minimum atomic E-state index is 0.345. The Labute approximate surface area is 674 Å². The van der Waals surface area contributed by atoms with E-state index in [-0.39, 0.29) is 0 Å². The molecule has 23 heteroatoms. The number of rotatable bonds is 9. The van der Waals surface area contributed by atoms with Gasteiger partial charge in [0.2, 0.25) is 0 Å². The van der Waals surface area contributed by atoms with Gasteiger partial charge in [0.15, 0.2) is 22.6 Å². The molecule has 17 rings (SSSR count). The van der Waals surface area contributed by atoms with Crippen LogP contribution in [0, 0.1) is 69.2 Å². The van der Waals surface area contributed by atoms with E-state index >= 15 is 0 Å². The lowest BCUT2D eigenvalue weighted by Crippen LogP contribution is -2.28. The van der Waals surface area contributed by atoms with Crippen molar-refractivity contribution in [3.63, 3.8) is 0 Å². The third-order valence-electron chi connectivity index (χ3n) is 19.6. The molecule has 1 aromatic carbocycles. The Bertz CT molecular complexity index is 5500. The summed E-state index contributed by atoms with van der Waals surface area (Å²) in [6.07, 6.45) is 25.9. The van der Waals surface area contributed by atoms with Crippen molar-refractivity contribution in [1.82, 2.24) is 107 Å². The van der Waals surface area contributed by atoms with Crippen LogP contribution in [0.1, 0.15) is 235 Å². The molecule has 16 heterocycles. The van der Waals surface area contributed by atoms with E-state index in [4.69, 9.17) is 0 Å². The van der Waals surface area contributed by atoms with Crippen LogP contribution >= 0.6 is 0 Å². The molecule has 0 atom stereocenters. The van der Waals surface area contributed by atoms with Crippen molar-refractivity contribution >= 4 is 83.2 Å². The maximum absolute atomic E-state index is 4.56. The minimum Gasteiger partial charge on any atom is -0.354 e. The summed E-state index contributed by atoms with van der Waals surface area (Å²) in [6.45, 7) is 60.2. The minimum absolute atomic E-state index is 0.345. The summed E-state index contributed by atoms with van der Waals surface area (Å²) in [5.74, 6) is 2.02. The monoisotopic (exact) mass is 1540 g/mol. The third-order valence-corrected chi connectivity index (χ3v) is 19.6. The molecule has 602 valence electrons. The average molecular weight is 1540 g/mol. The highest BCUT2D eigenvalue weighted by molar-refractivity contribution is 5.81. The first-order valence-corrected chi connectivity index (χ1v) is 40.2. The molecule has 16 aromatic rings. The number of aryl methyl sites for hydroxylation is 10. The van der Waals surface area contributed by atoms with Crippen LogP contribution in [0.4, 0.5) is 5.82 Å². The van der Waals surface area contributed by atoms with Crippen LogP contribution in [0.15, 0.2) is 160 Å². The fourth-order valence-corrected chi connectivity index (χ4v) is 13.0. The Balaban J connectivity index is 0.000000147. The first kappa shape index (κ1) is 86.6. The highest BCUT2D eigenvalue weighted by Crippen LogP contribution is 2.29. The van der Waals surface area contributed by atoms with Crippen molar-refractivity contribution < 1.29 is 0 Å². The van der Waals surface area contributed by atoms with E-state index in [0.717, 1.165) is 103 Å². The Hall–Kier alpha value is -11.4. The van der Waals surface area contributed by atoms with Crippen LogP contribution in [-0.2, 0) is 6.42 Å². The third kappa shape index (κ3) is 21.9. The highest BCUT2D eigenvalue weighted by atomic mass is 15.3. The van der Waals surface area contributed by atoms with E-state index in [0.29, 0.717) is 54.4 Å². The van der Waals surface area contributed by atoms with Gasteiger partial charge in [-0.2, -0.15) is 15.3 Å². The molecular formula is C91H123N23. The SMILES string of the molecule is CC(C)n1ncc2cncnc21.Cc1cc2cnn(C(C)C)c2nc1C.Cc1cc2ncn(C(C)C)c2nc1C.Cc1ccc2c(ccn2C(C)C)c1.Cc1ccc2ncn(C(C)C)c2n1.Cc1ccn(C(C)C)n1.Cc1cnc2c(c1)CCN2C(C)C.Cc1cnc2c(ccn2C(C)C)c1.Cc1ncc2ccn(C(C)C)c2n1. The van der Waals surface area contributed by atoms with Gasteiger partial charge in [0.1, 0.15) is 40.3 Å². The molecule has 0 saturated heterocycles. The molecular weight excluding hydrogens is 1420 g/mol. The molecule has 0 N–H and O–H groups in total. The molecule has 0 spiro atoms. The molecule has 114 heavy (non-hydrogen) atoms. The molecule has 0 saturated carbocycles. The van der Waals surface area contributed by atoms with E-state index in [1.54, 1.807) is 18.7 Å². The Morgan fingerprint density at radius 1 is 0.333 bits per heavy atom. The highest BCUT2D eigenvalue weighted by Gasteiger charge is 2.22. The lowest BCUT2D eigenvalue weighted by Gasteiger charge is -2.22. The smallest absolute Gasteiger partial charge is 0.161 e. The fourth-order valence-electron chi connectivity index (χ4n) is 13.0. The molecule has 1 aliphatic heterocycles. The van der Waals surface area contributed by atoms with Crippen LogP contribution in [0.3, 0.4) is 0 Å². The predicted octanol–water partition coefficient (Wildman–Crippen LogP) is 21.7. The Morgan fingerprint density at radius 2 is 0.886 bits per heavy atom. The van der Waals surface area contributed by atoms with Crippen molar-refractivity contribution in [1.29, 1.82) is 0 Å². The normalized spacial score (nSPS) is 11.8. The number of hydrogen-bond acceptors (Lipinski definition) is 15. The van der Waals surface area contributed by atoms with Crippen molar-refractivity contribution in [3.8, 4) is 0 Å². The number of nitrogens with zero attached hydrogens (tertiary/aromatic N) is 23. The van der Waals surface area contributed by atoms with E-state index in [1.165, 1.54) is 55.5 Å². The molecule has 0 unspecified atom stereocenters. The largest absolute Gasteiger partial charge is 0.354 e. The van der Waals surface area contributed by atoms with E-state index in [9.17, 15) is 0 Å². The van der Waals surface area contributed by atoms with Crippen molar-refractivity contribution in [2.75, 3.05) is 11.4 Å². The molecule has 15 aromatic heterocycles. The van der Waals surface area contributed by atoms with Gasteiger partial charge in [-0.1, -0.05) is 17.7 Å². The zero-order chi connectivity index (χ0) is 83.1. The van der Waals surface area contributed by atoms with Gasteiger partial charge in [-0.15, -0.1) is 0 Å². The molecule has 0 amide bonds. The van der Waals surface area contributed by atoms with Gasteiger partial charge in [-0.3, -0.25) is 4.68 Å². The van der Waals surface area contributed by atoms with Crippen LogP contribution in [-0.4, -0.2) is 120 Å². The second-order valence-corrected chi connectivity index (χ2v) is 32.2. The van der Waals surface area contributed by atoms with Gasteiger partial charge in [-0.05, 0) is 300 Å². The van der Waals surface area contributed by atoms with Crippen LogP contribution in [0.5, 0.6) is 0 Å². The maximum atomic E-state index is 4.56. The number of fused-ring (bicyclic) bond motifs is 8. The summed E-state index contributed by atoms with van der Waals surface area (Å²) in [5.41, 5.74) is 21.2. The number of imidazole rings is 2. The summed E-state index contributed by atoms with van der Waals surface area (Å²) in [6, 6.07) is 31.7. The summed E-state index contributed by atoms with van der Waals surface area (Å²) in [4.78, 5) is 50.1. The standard InChI is InChI=1S/C12H15N.2C11H15N3.C11H16N2.C11H14N2.2C10H13N3.C8H10N4.C7H12N2/c1-9(2)13-7-6-11-8-10(3)4-5-12(11)13;1-7(2)14-6-12-10-5-8(3)9(4)13-11(10)14;1-7(2)14-11-10(6-12-14)5-8(3)9(4)13-11;2*1-8(2)13-5-4-10-6-9(3)7-12-11(10)13;1-7(2)13-5-4-9-6-11-8(3)12-10(9)13;1-7(2)13-6-11-9-5-4-8(3)12-10(9)13;1-6(2)12-8-7(4-11-12)3-9-5-10-8;1-6(2)9-5-4-7(3)8-9/h4-9H,1-3H3;2*5-7H,1-4H3;6-8H,4-5H2,1-3H3;4-8H,1-3H3;2*4-7H,1-3H3;3-6H,1-2H3;4-6H,1-3H3. The van der Waals surface area contributed by atoms with Gasteiger partial charge in [0.05, 0.1) is 36.1 Å². The quantitative estimate of drug-likeness (QED) is 0.131. The van der Waals surface area contributed by atoms with Crippen LogP contribution < -0.4 is 4.90 Å². The van der Waals surface area contributed by atoms with Crippen LogP contribution in [0.25, 0.3) is 77.4 Å². The topological polar surface area (TPSA) is 223 Å². The van der Waals surface area contributed by atoms with Gasteiger partial charge in [0.25, 0.3) is 0 Å². The van der Waals surface area contributed by atoms with Gasteiger partial charge >= 0.3 is 0 Å². The summed E-state index contributed by atoms with van der Waals surface area (Å²) < 4.78 is 16.6. The predicted molar refractivity (Wildman–Crippen MR) is 470 cm³/mol. The maximum Gasteiger partial charge on any atom is 0.161 e. The molecule has 0 fully saturated rings. The number of aromatic nitrogens is 22. The Morgan fingerprint density at radius 3 is 1.49 bits per heavy atom. The van der Waals surface area contributed by atoms with Crippen molar-refractivity contribution in [3.05, 3.63) is 222 Å². The summed E-state index contributed by atoms with van der Waals surface area (Å²) >= 11 is 0. The van der Waals surface area contributed by atoms with Gasteiger partial charge in [-0.25, -0.2) is 64.2 Å². The first-order chi connectivity index (χ1) is 54.1. The average Bonchev–Trinajstić information content (AvgIpc) is 1.63. The van der Waals surface area contributed by atoms with Gasteiger partial charge < -0.3 is 27.7 Å². The lowest BCUT2D eigenvalue weighted by atomic mass is 10.2. The fraction of sp³-hybridized carbons (Fsp3) is 0.429. The zero-order valence-electron chi connectivity index (χ0n) is 72.9. The first-order valence-electron chi connectivity index (χ1n) is 40.2. The molecule has 1 aliphatic rings. The molecule has 0 radical (unpaired) electrons. The molecule has 23 nitrogen and oxygen atoms in total. The van der Waals surface area contributed by atoms with Crippen molar-refractivity contribution in [2.24, 2.45) is 0 Å². The van der Waals surface area contributed by atoms with Gasteiger partial charge in [0, 0.05) is 149 Å². The Kier molecular flexibility index (Phi) is 29.6. The second-order valence-electron chi connectivity index (χ2n) is 32.2. The summed E-state index contributed by atoms with van der Waals surface area (Å²) in [7, 11) is 0. The molecule has 0 bridgehead atoms. The number of anilines is 1. The van der Waals surface area contributed by atoms with Crippen molar-refractivity contribution in [2.45, 2.75) is 255 Å². The van der Waals surface area contributed by atoms with E-state index in [2.05, 4.69) is 336 Å². The van der Waals surface area contributed by atoms with E-state index < -0.39 is 0 Å². The number of benzene rings is 1. The summed E-state index contributed by atoms with van der Waals surface area (Å²) in [5, 5.41) is 18.6. The number of hydrogen-bond donors (Lipinski definition) is 0. The lowest BCUT2D eigenvalue weighted by molar-refractivity contribution is 0.529.